The first-order valence-corrected chi connectivity index (χ1v) is 12.4. The van der Waals surface area contributed by atoms with E-state index in [4.69, 9.17) is 9.47 Å². The molecular formula is C25H29BrN4O3. The van der Waals surface area contributed by atoms with Crippen LogP contribution in [-0.2, 0) is 13.1 Å². The van der Waals surface area contributed by atoms with Crippen LogP contribution in [0, 0.1) is 6.92 Å². The lowest BCUT2D eigenvalue weighted by Gasteiger charge is -2.32. The molecule has 0 radical (unpaired) electrons. The van der Waals surface area contributed by atoms with E-state index in [-0.39, 0.29) is 5.56 Å². The van der Waals surface area contributed by atoms with Crippen LogP contribution in [0.4, 0.5) is 0 Å². The van der Waals surface area contributed by atoms with Crippen molar-refractivity contribution in [3.05, 3.63) is 62.5 Å². The SMILES string of the molecule is Cc1ccc2ncc(=O)n(CCN3CCC(NCc4cc5c(cc4Br)OCCO5)CC3)c2c1. The summed E-state index contributed by atoms with van der Waals surface area (Å²) in [7, 11) is 0. The third-order valence-electron chi connectivity index (χ3n) is 6.52. The van der Waals surface area contributed by atoms with Crippen molar-refractivity contribution in [2.75, 3.05) is 32.8 Å². The van der Waals surface area contributed by atoms with Gasteiger partial charge in [0.25, 0.3) is 5.56 Å². The number of aryl methyl sites for hydroxylation is 1. The van der Waals surface area contributed by atoms with Crippen molar-refractivity contribution in [1.82, 2.24) is 19.8 Å². The van der Waals surface area contributed by atoms with Crippen LogP contribution >= 0.6 is 15.9 Å². The minimum absolute atomic E-state index is 0.0327. The second-order valence-electron chi connectivity index (χ2n) is 8.82. The molecule has 0 unspecified atom stereocenters. The predicted molar refractivity (Wildman–Crippen MR) is 132 cm³/mol. The first-order valence-electron chi connectivity index (χ1n) is 11.6. The largest absolute Gasteiger partial charge is 0.486 e. The normalized spacial score (nSPS) is 16.9. The molecule has 2 aromatic carbocycles. The van der Waals surface area contributed by atoms with Crippen LogP contribution in [0.25, 0.3) is 11.0 Å². The molecule has 1 aromatic heterocycles. The summed E-state index contributed by atoms with van der Waals surface area (Å²) in [6, 6.07) is 10.6. The molecule has 7 nitrogen and oxygen atoms in total. The smallest absolute Gasteiger partial charge is 0.269 e. The van der Waals surface area contributed by atoms with Crippen molar-refractivity contribution in [3.8, 4) is 11.5 Å². The number of hydrogen-bond donors (Lipinski definition) is 1. The van der Waals surface area contributed by atoms with Gasteiger partial charge in [0.2, 0.25) is 0 Å². The minimum Gasteiger partial charge on any atom is -0.486 e. The number of nitrogens with one attached hydrogen (secondary N) is 1. The summed E-state index contributed by atoms with van der Waals surface area (Å²) in [5.74, 6) is 1.63. The highest BCUT2D eigenvalue weighted by atomic mass is 79.9. The Morgan fingerprint density at radius 3 is 2.64 bits per heavy atom. The third-order valence-corrected chi connectivity index (χ3v) is 7.26. The summed E-state index contributed by atoms with van der Waals surface area (Å²) in [4.78, 5) is 19.2. The van der Waals surface area contributed by atoms with E-state index in [2.05, 4.69) is 43.3 Å². The van der Waals surface area contributed by atoms with Gasteiger partial charge < -0.3 is 24.3 Å². The van der Waals surface area contributed by atoms with E-state index in [0.29, 0.717) is 25.8 Å². The molecule has 0 spiro atoms. The average Bonchev–Trinajstić information content (AvgIpc) is 2.83. The number of piperidine rings is 1. The Morgan fingerprint density at radius 2 is 1.85 bits per heavy atom. The maximum atomic E-state index is 12.5. The lowest BCUT2D eigenvalue weighted by molar-refractivity contribution is 0.171. The summed E-state index contributed by atoms with van der Waals surface area (Å²) in [5.41, 5.74) is 4.08. The molecular weight excluding hydrogens is 484 g/mol. The zero-order chi connectivity index (χ0) is 22.8. The molecule has 1 N–H and O–H groups in total. The molecule has 0 aliphatic carbocycles. The highest BCUT2D eigenvalue weighted by Gasteiger charge is 2.20. The highest BCUT2D eigenvalue weighted by molar-refractivity contribution is 9.10. The molecule has 0 amide bonds. The van der Waals surface area contributed by atoms with Gasteiger partial charge in [0, 0.05) is 30.1 Å². The van der Waals surface area contributed by atoms with Gasteiger partial charge in [0.1, 0.15) is 13.2 Å². The van der Waals surface area contributed by atoms with Gasteiger partial charge in [-0.05, 0) is 68.2 Å². The van der Waals surface area contributed by atoms with Crippen molar-refractivity contribution < 1.29 is 9.47 Å². The summed E-state index contributed by atoms with van der Waals surface area (Å²) in [5, 5.41) is 3.70. The zero-order valence-electron chi connectivity index (χ0n) is 18.8. The van der Waals surface area contributed by atoms with Crippen LogP contribution in [0.15, 0.2) is 45.8 Å². The summed E-state index contributed by atoms with van der Waals surface area (Å²) in [6.45, 7) is 7.63. The number of aromatic nitrogens is 2. The molecule has 3 aromatic rings. The van der Waals surface area contributed by atoms with Crippen LogP contribution in [-0.4, -0.2) is 53.3 Å². The van der Waals surface area contributed by atoms with Crippen molar-refractivity contribution in [1.29, 1.82) is 0 Å². The monoisotopic (exact) mass is 512 g/mol. The van der Waals surface area contributed by atoms with E-state index in [9.17, 15) is 4.79 Å². The first kappa shape index (κ1) is 22.4. The highest BCUT2D eigenvalue weighted by Crippen LogP contribution is 2.35. The number of benzene rings is 2. The van der Waals surface area contributed by atoms with Gasteiger partial charge in [0.15, 0.2) is 11.5 Å². The molecule has 3 heterocycles. The Kier molecular flexibility index (Phi) is 6.66. The number of nitrogens with zero attached hydrogens (tertiary/aromatic N) is 3. The van der Waals surface area contributed by atoms with Gasteiger partial charge in [0.05, 0.1) is 17.2 Å². The zero-order valence-corrected chi connectivity index (χ0v) is 20.4. The second kappa shape index (κ2) is 9.83. The van der Waals surface area contributed by atoms with Gasteiger partial charge in [-0.1, -0.05) is 22.0 Å². The fraction of sp³-hybridized carbons (Fsp3) is 0.440. The molecule has 2 aliphatic rings. The maximum Gasteiger partial charge on any atom is 0.269 e. The van der Waals surface area contributed by atoms with Gasteiger partial charge >= 0.3 is 0 Å². The van der Waals surface area contributed by atoms with E-state index in [1.54, 1.807) is 0 Å². The summed E-state index contributed by atoms with van der Waals surface area (Å²) in [6.07, 6.45) is 3.62. The number of hydrogen-bond acceptors (Lipinski definition) is 6. The number of fused-ring (bicyclic) bond motifs is 2. The number of ether oxygens (including phenoxy) is 2. The van der Waals surface area contributed by atoms with Gasteiger partial charge in [-0.2, -0.15) is 0 Å². The van der Waals surface area contributed by atoms with Crippen LogP contribution in [0.5, 0.6) is 11.5 Å². The lowest BCUT2D eigenvalue weighted by Crippen LogP contribution is -2.43. The maximum absolute atomic E-state index is 12.5. The van der Waals surface area contributed by atoms with Crippen molar-refractivity contribution in [3.63, 3.8) is 0 Å². The fourth-order valence-electron chi connectivity index (χ4n) is 4.60. The molecule has 5 rings (SSSR count). The standard InChI is InChI=1S/C25H29BrN4O3/c1-17-2-3-21-22(12-17)30(25(31)16-28-21)9-8-29-6-4-19(5-7-29)27-15-18-13-23-24(14-20(18)26)33-11-10-32-23/h2-3,12-14,16,19,27H,4-11,15H2,1H3. The lowest BCUT2D eigenvalue weighted by atomic mass is 10.0. The number of likely N-dealkylation sites (tertiary alicyclic amines) is 1. The van der Waals surface area contributed by atoms with Crippen molar-refractivity contribution in [2.45, 2.75) is 38.9 Å². The molecule has 33 heavy (non-hydrogen) atoms. The Hall–Kier alpha value is -2.42. The van der Waals surface area contributed by atoms with Crippen molar-refractivity contribution in [2.24, 2.45) is 0 Å². The molecule has 1 fully saturated rings. The minimum atomic E-state index is -0.0327. The Labute approximate surface area is 201 Å². The number of rotatable bonds is 6. The molecule has 1 saturated heterocycles. The molecule has 0 saturated carbocycles. The fourth-order valence-corrected chi connectivity index (χ4v) is 5.06. The van der Waals surface area contributed by atoms with Gasteiger partial charge in [-0.3, -0.25) is 4.79 Å². The van der Waals surface area contributed by atoms with Crippen LogP contribution in [0.2, 0.25) is 0 Å². The van der Waals surface area contributed by atoms with E-state index in [0.717, 1.165) is 71.6 Å². The van der Waals surface area contributed by atoms with E-state index in [1.165, 1.54) is 11.8 Å². The van der Waals surface area contributed by atoms with Crippen LogP contribution in [0.3, 0.4) is 0 Å². The topological polar surface area (TPSA) is 68.6 Å². The van der Waals surface area contributed by atoms with E-state index in [1.807, 2.05) is 29.7 Å². The van der Waals surface area contributed by atoms with Crippen LogP contribution < -0.4 is 20.3 Å². The quantitative estimate of drug-likeness (QED) is 0.545. The van der Waals surface area contributed by atoms with Gasteiger partial charge in [-0.15, -0.1) is 0 Å². The van der Waals surface area contributed by atoms with Crippen molar-refractivity contribution >= 4 is 27.0 Å². The average molecular weight is 513 g/mol. The summed E-state index contributed by atoms with van der Waals surface area (Å²) >= 11 is 3.66. The third kappa shape index (κ3) is 5.08. The Balaban J connectivity index is 1.14. The Morgan fingerprint density at radius 1 is 1.09 bits per heavy atom. The van der Waals surface area contributed by atoms with E-state index < -0.39 is 0 Å². The molecule has 2 aliphatic heterocycles. The van der Waals surface area contributed by atoms with Gasteiger partial charge in [-0.25, -0.2) is 4.98 Å². The van der Waals surface area contributed by atoms with Crippen LogP contribution in [0.1, 0.15) is 24.0 Å². The molecule has 0 bridgehead atoms. The Bertz CT molecular complexity index is 1200. The summed E-state index contributed by atoms with van der Waals surface area (Å²) < 4.78 is 14.3. The second-order valence-corrected chi connectivity index (χ2v) is 9.68. The predicted octanol–water partition coefficient (Wildman–Crippen LogP) is 3.49. The molecule has 174 valence electrons. The van der Waals surface area contributed by atoms with E-state index >= 15 is 0 Å². The first-order chi connectivity index (χ1) is 16.1. The number of halogens is 1. The molecule has 0 atom stereocenters. The molecule has 8 heteroatoms.